The monoisotopic (exact) mass is 264 g/mol. The lowest BCUT2D eigenvalue weighted by molar-refractivity contribution is 0.0970. The van der Waals surface area contributed by atoms with Crippen LogP contribution in [0.2, 0.25) is 0 Å². The van der Waals surface area contributed by atoms with Gasteiger partial charge in [0.2, 0.25) is 0 Å². The minimum Gasteiger partial charge on any atom is -0.508 e. The number of aromatic hydroxyl groups is 1. The van der Waals surface area contributed by atoms with Gasteiger partial charge in [-0.05, 0) is 42.5 Å². The molecule has 0 spiro atoms. The number of hydrogen-bond acceptors (Lipinski definition) is 4. The van der Waals surface area contributed by atoms with E-state index in [1.165, 1.54) is 7.11 Å². The number of methoxy groups -OCH3 is 1. The van der Waals surface area contributed by atoms with Gasteiger partial charge < -0.3 is 20.5 Å². The average molecular weight is 264 g/mol. The van der Waals surface area contributed by atoms with E-state index in [1.54, 1.807) is 17.0 Å². The maximum Gasteiger partial charge on any atom is 0.409 e. The molecule has 104 valence electrons. The molecule has 5 nitrogen and oxygen atoms in total. The zero-order valence-electron chi connectivity index (χ0n) is 11.1. The molecule has 1 aliphatic heterocycles. The molecule has 3 N–H and O–H groups in total. The van der Waals surface area contributed by atoms with E-state index < -0.39 is 0 Å². The SMILES string of the molecule is COC(=O)N1CCC(c2ccc(O)cc2)C(CN)C1. The largest absolute Gasteiger partial charge is 0.508 e. The number of nitrogens with two attached hydrogens (primary N) is 1. The highest BCUT2D eigenvalue weighted by Gasteiger charge is 2.31. The van der Waals surface area contributed by atoms with Gasteiger partial charge in [-0.15, -0.1) is 0 Å². The molecule has 1 aromatic carbocycles. The summed E-state index contributed by atoms with van der Waals surface area (Å²) in [5, 5.41) is 9.33. The lowest BCUT2D eigenvalue weighted by Crippen LogP contribution is -2.45. The fraction of sp³-hybridized carbons (Fsp3) is 0.500. The fourth-order valence-corrected chi connectivity index (χ4v) is 2.73. The Kier molecular flexibility index (Phi) is 4.27. The van der Waals surface area contributed by atoms with Gasteiger partial charge in [0, 0.05) is 13.1 Å². The van der Waals surface area contributed by atoms with E-state index in [4.69, 9.17) is 10.5 Å². The van der Waals surface area contributed by atoms with Gasteiger partial charge in [0.1, 0.15) is 5.75 Å². The molecule has 1 fully saturated rings. The van der Waals surface area contributed by atoms with Gasteiger partial charge in [0.05, 0.1) is 7.11 Å². The van der Waals surface area contributed by atoms with Crippen molar-refractivity contribution in [2.24, 2.45) is 11.7 Å². The highest BCUT2D eigenvalue weighted by atomic mass is 16.5. The van der Waals surface area contributed by atoms with Crippen LogP contribution in [-0.2, 0) is 4.74 Å². The normalized spacial score (nSPS) is 23.2. The molecule has 2 rings (SSSR count). The Hall–Kier alpha value is -1.75. The number of carbonyl (C=O) groups excluding carboxylic acids is 1. The molecule has 0 saturated carbocycles. The number of rotatable bonds is 2. The predicted octanol–water partition coefficient (Wildman–Crippen LogP) is 1.52. The molecule has 1 heterocycles. The third-order valence-corrected chi connectivity index (χ3v) is 3.79. The molecular formula is C14H20N2O3. The Balaban J connectivity index is 2.11. The van der Waals surface area contributed by atoms with Crippen LogP contribution in [-0.4, -0.2) is 42.8 Å². The van der Waals surface area contributed by atoms with Crippen molar-refractivity contribution in [1.29, 1.82) is 0 Å². The van der Waals surface area contributed by atoms with Crippen LogP contribution in [0, 0.1) is 5.92 Å². The van der Waals surface area contributed by atoms with Crippen molar-refractivity contribution in [2.75, 3.05) is 26.7 Å². The molecule has 5 heteroatoms. The summed E-state index contributed by atoms with van der Waals surface area (Å²) in [5.74, 6) is 0.809. The number of piperidine rings is 1. The first kappa shape index (κ1) is 13.7. The first-order valence-corrected chi connectivity index (χ1v) is 6.47. The van der Waals surface area contributed by atoms with Crippen LogP contribution < -0.4 is 5.73 Å². The number of phenols is 1. The molecule has 1 aliphatic rings. The van der Waals surface area contributed by atoms with Crippen molar-refractivity contribution in [1.82, 2.24) is 4.90 Å². The van der Waals surface area contributed by atoms with Crippen molar-refractivity contribution in [2.45, 2.75) is 12.3 Å². The number of hydrogen-bond donors (Lipinski definition) is 2. The number of benzene rings is 1. The van der Waals surface area contributed by atoms with Crippen LogP contribution in [0.1, 0.15) is 17.9 Å². The fourth-order valence-electron chi connectivity index (χ4n) is 2.73. The van der Waals surface area contributed by atoms with Gasteiger partial charge in [-0.25, -0.2) is 4.79 Å². The summed E-state index contributed by atoms with van der Waals surface area (Å²) in [5.41, 5.74) is 7.00. The van der Waals surface area contributed by atoms with E-state index in [-0.39, 0.29) is 17.8 Å². The second-order valence-electron chi connectivity index (χ2n) is 4.90. The molecule has 0 bridgehead atoms. The van der Waals surface area contributed by atoms with E-state index in [2.05, 4.69) is 0 Å². The average Bonchev–Trinajstić information content (AvgIpc) is 2.46. The molecular weight excluding hydrogens is 244 g/mol. The molecule has 0 aromatic heterocycles. The summed E-state index contributed by atoms with van der Waals surface area (Å²) < 4.78 is 4.75. The van der Waals surface area contributed by atoms with Crippen LogP contribution in [0.3, 0.4) is 0 Å². The van der Waals surface area contributed by atoms with Gasteiger partial charge in [0.15, 0.2) is 0 Å². The van der Waals surface area contributed by atoms with E-state index in [0.29, 0.717) is 25.6 Å². The van der Waals surface area contributed by atoms with Crippen LogP contribution in [0.25, 0.3) is 0 Å². The van der Waals surface area contributed by atoms with E-state index in [1.807, 2.05) is 12.1 Å². The maximum absolute atomic E-state index is 11.5. The minimum atomic E-state index is -0.289. The van der Waals surface area contributed by atoms with E-state index in [0.717, 1.165) is 12.0 Å². The second kappa shape index (κ2) is 5.93. The molecule has 2 unspecified atom stereocenters. The Labute approximate surface area is 113 Å². The summed E-state index contributed by atoms with van der Waals surface area (Å²) >= 11 is 0. The Morgan fingerprint density at radius 2 is 2.16 bits per heavy atom. The third kappa shape index (κ3) is 2.98. The minimum absolute atomic E-state index is 0.220. The quantitative estimate of drug-likeness (QED) is 0.849. The number of amides is 1. The third-order valence-electron chi connectivity index (χ3n) is 3.79. The van der Waals surface area contributed by atoms with Crippen LogP contribution in [0.4, 0.5) is 4.79 Å². The van der Waals surface area contributed by atoms with Crippen molar-refractivity contribution in [3.8, 4) is 5.75 Å². The van der Waals surface area contributed by atoms with Crippen LogP contribution >= 0.6 is 0 Å². The molecule has 19 heavy (non-hydrogen) atoms. The second-order valence-corrected chi connectivity index (χ2v) is 4.90. The summed E-state index contributed by atoms with van der Waals surface area (Å²) in [6, 6.07) is 7.23. The summed E-state index contributed by atoms with van der Waals surface area (Å²) in [4.78, 5) is 13.2. The number of nitrogens with zero attached hydrogens (tertiary/aromatic N) is 1. The molecule has 2 atom stereocenters. The summed E-state index contributed by atoms with van der Waals surface area (Å²) in [6.07, 6.45) is 0.574. The Bertz CT molecular complexity index is 433. The van der Waals surface area contributed by atoms with Gasteiger partial charge in [-0.3, -0.25) is 0 Å². The first-order chi connectivity index (χ1) is 9.15. The van der Waals surface area contributed by atoms with Gasteiger partial charge in [-0.2, -0.15) is 0 Å². The number of phenolic OH excluding ortho intramolecular Hbond substituents is 1. The van der Waals surface area contributed by atoms with Crippen LogP contribution in [0.15, 0.2) is 24.3 Å². The van der Waals surface area contributed by atoms with Crippen molar-refractivity contribution in [3.63, 3.8) is 0 Å². The lowest BCUT2D eigenvalue weighted by Gasteiger charge is -2.37. The van der Waals surface area contributed by atoms with Crippen molar-refractivity contribution >= 4 is 6.09 Å². The Morgan fingerprint density at radius 3 is 2.74 bits per heavy atom. The lowest BCUT2D eigenvalue weighted by atomic mass is 9.80. The molecule has 1 saturated heterocycles. The van der Waals surface area contributed by atoms with Crippen molar-refractivity contribution in [3.05, 3.63) is 29.8 Å². The highest BCUT2D eigenvalue weighted by molar-refractivity contribution is 5.67. The van der Waals surface area contributed by atoms with Crippen LogP contribution in [0.5, 0.6) is 5.75 Å². The van der Waals surface area contributed by atoms with E-state index >= 15 is 0 Å². The topological polar surface area (TPSA) is 75.8 Å². The maximum atomic E-state index is 11.5. The summed E-state index contributed by atoms with van der Waals surface area (Å²) in [6.45, 7) is 1.82. The zero-order chi connectivity index (χ0) is 13.8. The van der Waals surface area contributed by atoms with E-state index in [9.17, 15) is 9.90 Å². The molecule has 0 radical (unpaired) electrons. The summed E-state index contributed by atoms with van der Waals surface area (Å²) in [7, 11) is 1.39. The molecule has 1 amide bonds. The van der Waals surface area contributed by atoms with Gasteiger partial charge in [-0.1, -0.05) is 12.1 Å². The predicted molar refractivity (Wildman–Crippen MR) is 72.0 cm³/mol. The molecule has 1 aromatic rings. The standard InChI is InChI=1S/C14H20N2O3/c1-19-14(18)16-7-6-13(11(8-15)9-16)10-2-4-12(17)5-3-10/h2-5,11,13,17H,6-9,15H2,1H3. The number of carbonyl (C=O) groups is 1. The zero-order valence-corrected chi connectivity index (χ0v) is 11.1. The van der Waals surface area contributed by atoms with Gasteiger partial charge >= 0.3 is 6.09 Å². The number of likely N-dealkylation sites (tertiary alicyclic amines) is 1. The highest BCUT2D eigenvalue weighted by Crippen LogP contribution is 2.33. The number of ether oxygens (including phenoxy) is 1. The van der Waals surface area contributed by atoms with Gasteiger partial charge in [0.25, 0.3) is 0 Å². The van der Waals surface area contributed by atoms with Crippen molar-refractivity contribution < 1.29 is 14.6 Å². The molecule has 0 aliphatic carbocycles. The smallest absolute Gasteiger partial charge is 0.409 e. The first-order valence-electron chi connectivity index (χ1n) is 6.47. The Morgan fingerprint density at radius 1 is 1.47 bits per heavy atom.